The fraction of sp³-hybridized carbons (Fsp3) is 0.556. The first-order valence-electron chi connectivity index (χ1n) is 8.86. The lowest BCUT2D eigenvalue weighted by Gasteiger charge is -2.35. The van der Waals surface area contributed by atoms with Crippen molar-refractivity contribution in [3.63, 3.8) is 0 Å². The van der Waals surface area contributed by atoms with Gasteiger partial charge in [-0.25, -0.2) is 15.0 Å². The lowest BCUT2D eigenvalue weighted by atomic mass is 9.94. The highest BCUT2D eigenvalue weighted by molar-refractivity contribution is 7.07. The van der Waals surface area contributed by atoms with Crippen LogP contribution in [0, 0.1) is 5.92 Å². The van der Waals surface area contributed by atoms with Gasteiger partial charge in [-0.3, -0.25) is 4.79 Å². The topological polar surface area (TPSA) is 62.2 Å². The number of hydrogen-bond donors (Lipinski definition) is 0. The van der Waals surface area contributed by atoms with Gasteiger partial charge in [0.05, 0.1) is 23.7 Å². The van der Waals surface area contributed by atoms with E-state index in [2.05, 4.69) is 39.8 Å². The van der Waals surface area contributed by atoms with Gasteiger partial charge >= 0.3 is 0 Å². The molecule has 3 aliphatic rings. The van der Waals surface area contributed by atoms with E-state index in [9.17, 15) is 4.79 Å². The van der Waals surface area contributed by atoms with Crippen LogP contribution in [-0.2, 0) is 11.3 Å². The molecule has 2 aromatic heterocycles. The van der Waals surface area contributed by atoms with Crippen molar-refractivity contribution < 1.29 is 4.79 Å². The summed E-state index contributed by atoms with van der Waals surface area (Å²) >= 11 is 1.58. The number of nitrogens with zero attached hydrogens (tertiary/aromatic N) is 5. The largest absolute Gasteiger partial charge is 0.354 e. The Morgan fingerprint density at radius 1 is 1.24 bits per heavy atom. The van der Waals surface area contributed by atoms with Gasteiger partial charge in [0.2, 0.25) is 5.91 Å². The second-order valence-electron chi connectivity index (χ2n) is 7.23. The molecule has 3 fully saturated rings. The van der Waals surface area contributed by atoms with Gasteiger partial charge in [-0.2, -0.15) is 0 Å². The summed E-state index contributed by atoms with van der Waals surface area (Å²) in [5.74, 6) is 1.63. The molecule has 2 aromatic rings. The lowest BCUT2D eigenvalue weighted by Crippen LogP contribution is -2.47. The summed E-state index contributed by atoms with van der Waals surface area (Å²) in [6, 6.07) is 2.30. The normalized spacial score (nSPS) is 23.4. The zero-order valence-electron chi connectivity index (χ0n) is 14.6. The monoisotopic (exact) mass is 357 g/mol. The molecule has 5 heterocycles. The van der Waals surface area contributed by atoms with Crippen molar-refractivity contribution in [1.29, 1.82) is 0 Å². The molecule has 0 radical (unpaired) electrons. The van der Waals surface area contributed by atoms with Gasteiger partial charge in [-0.05, 0) is 18.8 Å². The van der Waals surface area contributed by atoms with Crippen LogP contribution >= 0.6 is 11.3 Å². The van der Waals surface area contributed by atoms with Gasteiger partial charge in [0.1, 0.15) is 12.1 Å². The van der Waals surface area contributed by atoms with Crippen LogP contribution in [0.15, 0.2) is 23.3 Å². The molecular weight excluding hydrogens is 334 g/mol. The lowest BCUT2D eigenvalue weighted by molar-refractivity contribution is -0.140. The molecule has 6 nitrogen and oxygen atoms in total. The first-order valence-corrected chi connectivity index (χ1v) is 9.80. The fourth-order valence-electron chi connectivity index (χ4n) is 3.78. The minimum Gasteiger partial charge on any atom is -0.354 e. The minimum atomic E-state index is 0.0508. The van der Waals surface area contributed by atoms with Crippen LogP contribution in [0.3, 0.4) is 0 Å². The molecule has 1 amide bonds. The number of hydrogen-bond acceptors (Lipinski definition) is 6. The Labute approximate surface area is 151 Å². The molecule has 3 aliphatic heterocycles. The van der Waals surface area contributed by atoms with E-state index >= 15 is 0 Å². The summed E-state index contributed by atoms with van der Waals surface area (Å²) in [5, 5.41) is 2.03. The molecule has 132 valence electrons. The average molecular weight is 357 g/mol. The number of fused-ring (bicyclic) bond motifs is 4. The van der Waals surface area contributed by atoms with E-state index in [4.69, 9.17) is 0 Å². The second kappa shape index (κ2) is 6.71. The number of carbonyl (C=O) groups excluding carboxylic acids is 1. The van der Waals surface area contributed by atoms with Crippen molar-refractivity contribution >= 4 is 23.1 Å². The molecule has 0 N–H and O–H groups in total. The van der Waals surface area contributed by atoms with Crippen molar-refractivity contribution in [1.82, 2.24) is 19.9 Å². The highest BCUT2D eigenvalue weighted by Crippen LogP contribution is 2.32. The Morgan fingerprint density at radius 3 is 2.88 bits per heavy atom. The first-order chi connectivity index (χ1) is 12.1. The quantitative estimate of drug-likeness (QED) is 0.842. The van der Waals surface area contributed by atoms with Crippen LogP contribution in [0.25, 0.3) is 0 Å². The number of carbonyl (C=O) groups is 1. The number of rotatable bonds is 4. The summed E-state index contributed by atoms with van der Waals surface area (Å²) in [5.41, 5.74) is 3.87. The fourth-order valence-corrected chi connectivity index (χ4v) is 4.33. The highest BCUT2D eigenvalue weighted by atomic mass is 32.1. The molecular formula is C18H23N5OS. The van der Waals surface area contributed by atoms with E-state index in [0.717, 1.165) is 43.1 Å². The number of anilines is 1. The zero-order chi connectivity index (χ0) is 17.4. The molecule has 0 spiro atoms. The summed E-state index contributed by atoms with van der Waals surface area (Å²) in [7, 11) is 0. The SMILES string of the molecule is CC(C)c1cc(N2C[C@@H]3CC[C@H](C2)N(Cc2cscn2)C3=O)ncn1. The average Bonchev–Trinajstić information content (AvgIpc) is 2.98. The van der Waals surface area contributed by atoms with Crippen molar-refractivity contribution in [2.24, 2.45) is 5.92 Å². The Bertz CT molecular complexity index is 748. The smallest absolute Gasteiger partial charge is 0.228 e. The summed E-state index contributed by atoms with van der Waals surface area (Å²) in [4.78, 5) is 30.4. The number of thiazole rings is 1. The van der Waals surface area contributed by atoms with Crippen molar-refractivity contribution in [2.45, 2.75) is 45.2 Å². The van der Waals surface area contributed by atoms with E-state index in [1.807, 2.05) is 15.8 Å². The van der Waals surface area contributed by atoms with Crippen LogP contribution in [0.2, 0.25) is 0 Å². The Hall–Kier alpha value is -2.02. The van der Waals surface area contributed by atoms with Gasteiger partial charge in [0.25, 0.3) is 0 Å². The molecule has 7 heteroatoms. The van der Waals surface area contributed by atoms with Gasteiger partial charge < -0.3 is 9.80 Å². The van der Waals surface area contributed by atoms with E-state index in [0.29, 0.717) is 12.5 Å². The third-order valence-corrected chi connectivity index (χ3v) is 5.83. The summed E-state index contributed by atoms with van der Waals surface area (Å²) < 4.78 is 0. The van der Waals surface area contributed by atoms with Crippen LogP contribution in [0.4, 0.5) is 5.82 Å². The van der Waals surface area contributed by atoms with Crippen LogP contribution in [0.1, 0.15) is 44.0 Å². The van der Waals surface area contributed by atoms with Gasteiger partial charge in [-0.1, -0.05) is 13.8 Å². The molecule has 0 saturated carbocycles. The molecule has 0 aromatic carbocycles. The predicted octanol–water partition coefficient (Wildman–Crippen LogP) is 2.68. The third kappa shape index (κ3) is 3.25. The number of amides is 1. The number of aromatic nitrogens is 3. The van der Waals surface area contributed by atoms with Gasteiger partial charge in [-0.15, -0.1) is 11.3 Å². The van der Waals surface area contributed by atoms with Crippen LogP contribution in [0.5, 0.6) is 0 Å². The highest BCUT2D eigenvalue weighted by Gasteiger charge is 2.41. The van der Waals surface area contributed by atoms with E-state index in [1.54, 1.807) is 17.7 Å². The Kier molecular flexibility index (Phi) is 4.41. The van der Waals surface area contributed by atoms with E-state index in [-0.39, 0.29) is 17.9 Å². The maximum absolute atomic E-state index is 12.9. The predicted molar refractivity (Wildman–Crippen MR) is 97.5 cm³/mol. The third-order valence-electron chi connectivity index (χ3n) is 5.20. The maximum atomic E-state index is 12.9. The van der Waals surface area contributed by atoms with Crippen molar-refractivity contribution in [3.8, 4) is 0 Å². The van der Waals surface area contributed by atoms with Crippen molar-refractivity contribution in [2.75, 3.05) is 18.0 Å². The molecule has 5 rings (SSSR count). The second-order valence-corrected chi connectivity index (χ2v) is 7.95. The Balaban J connectivity index is 1.58. The zero-order valence-corrected chi connectivity index (χ0v) is 15.4. The minimum absolute atomic E-state index is 0.0508. The molecule has 0 unspecified atom stereocenters. The number of piperidine rings is 1. The van der Waals surface area contributed by atoms with Gasteiger partial charge in [0, 0.05) is 36.3 Å². The molecule has 25 heavy (non-hydrogen) atoms. The van der Waals surface area contributed by atoms with E-state index < -0.39 is 0 Å². The first kappa shape index (κ1) is 16.4. The molecule has 2 bridgehead atoms. The standard InChI is InChI=1S/C18H23N5OS/c1-12(2)16-5-17(20-10-19-16)22-6-13-3-4-15(8-22)23(18(13)24)7-14-9-25-11-21-14/h5,9-13,15H,3-4,6-8H2,1-2H3/t13-,15+/m0/s1. The van der Waals surface area contributed by atoms with E-state index in [1.165, 1.54) is 0 Å². The van der Waals surface area contributed by atoms with Crippen molar-refractivity contribution in [3.05, 3.63) is 34.7 Å². The summed E-state index contributed by atoms with van der Waals surface area (Å²) in [6.45, 7) is 6.48. The maximum Gasteiger partial charge on any atom is 0.228 e. The molecule has 2 atom stereocenters. The van der Waals surface area contributed by atoms with Crippen LogP contribution < -0.4 is 4.90 Å². The Morgan fingerprint density at radius 2 is 2.12 bits per heavy atom. The van der Waals surface area contributed by atoms with Crippen LogP contribution in [-0.4, -0.2) is 44.9 Å². The molecule has 3 saturated heterocycles. The van der Waals surface area contributed by atoms with Gasteiger partial charge in [0.15, 0.2) is 0 Å². The molecule has 0 aliphatic carbocycles. The summed E-state index contributed by atoms with van der Waals surface area (Å²) in [6.07, 6.45) is 3.67.